The van der Waals surface area contributed by atoms with Crippen molar-refractivity contribution in [3.05, 3.63) is 83.7 Å². The fraction of sp³-hybridized carbons (Fsp3) is 0.167. The van der Waals surface area contributed by atoms with E-state index in [1.165, 1.54) is 6.07 Å². The molecule has 0 aliphatic carbocycles. The molecule has 0 spiro atoms. The maximum Gasteiger partial charge on any atom is 0.216 e. The van der Waals surface area contributed by atoms with Gasteiger partial charge in [-0.15, -0.1) is 0 Å². The fourth-order valence-corrected chi connectivity index (χ4v) is 3.65. The van der Waals surface area contributed by atoms with Gasteiger partial charge >= 0.3 is 0 Å². The molecule has 3 rings (SSSR count). The van der Waals surface area contributed by atoms with Crippen molar-refractivity contribution in [3.63, 3.8) is 0 Å². The van der Waals surface area contributed by atoms with Crippen molar-refractivity contribution in [2.45, 2.75) is 19.2 Å². The normalized spacial score (nSPS) is 11.6. The largest absolute Gasteiger partial charge is 0.301 e. The number of benzene rings is 2. The third-order valence-corrected chi connectivity index (χ3v) is 5.09. The van der Waals surface area contributed by atoms with Gasteiger partial charge in [0, 0.05) is 18.9 Å². The van der Waals surface area contributed by atoms with E-state index in [0.717, 1.165) is 0 Å². The van der Waals surface area contributed by atoms with Crippen molar-refractivity contribution in [1.29, 1.82) is 0 Å². The van der Waals surface area contributed by atoms with E-state index in [4.69, 9.17) is 0 Å². The summed E-state index contributed by atoms with van der Waals surface area (Å²) < 4.78 is 42.8. The Bertz CT molecular complexity index is 969. The molecule has 3 aromatic rings. The standard InChI is InChI=1S/C18H18FN3O2S/c1-14-20-9-10-22(14)18-8-7-16(11-17(18)19)12-21-25(23,24)13-15-5-3-2-4-6-15/h2-11,21H,12-13H2,1H3. The second-order valence-electron chi connectivity index (χ2n) is 5.70. The van der Waals surface area contributed by atoms with E-state index in [-0.39, 0.29) is 12.3 Å². The zero-order valence-corrected chi connectivity index (χ0v) is 14.5. The topological polar surface area (TPSA) is 64.0 Å². The number of hydrogen-bond donors (Lipinski definition) is 1. The van der Waals surface area contributed by atoms with Gasteiger partial charge in [-0.05, 0) is 30.2 Å². The van der Waals surface area contributed by atoms with Crippen LogP contribution in [0.1, 0.15) is 17.0 Å². The molecule has 0 bridgehead atoms. The molecule has 1 N–H and O–H groups in total. The maximum absolute atomic E-state index is 14.3. The number of sulfonamides is 1. The van der Waals surface area contributed by atoms with E-state index < -0.39 is 15.8 Å². The van der Waals surface area contributed by atoms with Gasteiger partial charge in [-0.25, -0.2) is 22.5 Å². The third-order valence-electron chi connectivity index (χ3n) is 3.79. The van der Waals surface area contributed by atoms with Gasteiger partial charge in [0.1, 0.15) is 11.6 Å². The van der Waals surface area contributed by atoms with E-state index in [0.29, 0.717) is 22.6 Å². The van der Waals surface area contributed by atoms with Crippen molar-refractivity contribution < 1.29 is 12.8 Å². The predicted octanol–water partition coefficient (Wildman–Crippen LogP) is 2.94. The number of rotatable bonds is 6. The van der Waals surface area contributed by atoms with Crippen molar-refractivity contribution in [2.75, 3.05) is 0 Å². The van der Waals surface area contributed by atoms with Gasteiger partial charge in [0.2, 0.25) is 10.0 Å². The first-order chi connectivity index (χ1) is 11.9. The summed E-state index contributed by atoms with van der Waals surface area (Å²) in [4.78, 5) is 4.07. The third kappa shape index (κ3) is 4.32. The van der Waals surface area contributed by atoms with E-state index >= 15 is 0 Å². The quantitative estimate of drug-likeness (QED) is 0.736. The first kappa shape index (κ1) is 17.3. The van der Waals surface area contributed by atoms with Gasteiger partial charge in [-0.1, -0.05) is 36.4 Å². The zero-order valence-electron chi connectivity index (χ0n) is 13.7. The highest BCUT2D eigenvalue weighted by atomic mass is 32.2. The molecule has 0 unspecified atom stereocenters. The Morgan fingerprint density at radius 3 is 2.52 bits per heavy atom. The molecule has 7 heteroatoms. The smallest absolute Gasteiger partial charge is 0.216 e. The Labute approximate surface area is 146 Å². The van der Waals surface area contributed by atoms with Crippen LogP contribution >= 0.6 is 0 Å². The van der Waals surface area contributed by atoms with E-state index in [2.05, 4.69) is 9.71 Å². The number of nitrogens with zero attached hydrogens (tertiary/aromatic N) is 2. The minimum atomic E-state index is -3.49. The Morgan fingerprint density at radius 1 is 1.12 bits per heavy atom. The summed E-state index contributed by atoms with van der Waals surface area (Å²) in [6.45, 7) is 1.82. The molecule has 0 atom stereocenters. The summed E-state index contributed by atoms with van der Waals surface area (Å²) in [5.74, 6) is 0.138. The van der Waals surface area contributed by atoms with Gasteiger partial charge in [-0.2, -0.15) is 0 Å². The molecule has 25 heavy (non-hydrogen) atoms. The van der Waals surface area contributed by atoms with E-state index in [1.54, 1.807) is 60.3 Å². The van der Waals surface area contributed by atoms with Crippen molar-refractivity contribution in [2.24, 2.45) is 0 Å². The predicted molar refractivity (Wildman–Crippen MR) is 94.2 cm³/mol. The highest BCUT2D eigenvalue weighted by Gasteiger charge is 2.13. The number of nitrogens with one attached hydrogen (secondary N) is 1. The molecule has 0 radical (unpaired) electrons. The lowest BCUT2D eigenvalue weighted by Gasteiger charge is -2.10. The van der Waals surface area contributed by atoms with Gasteiger partial charge in [-0.3, -0.25) is 0 Å². The fourth-order valence-electron chi connectivity index (χ4n) is 2.53. The average molecular weight is 359 g/mol. The Kier molecular flexibility index (Phi) is 4.96. The number of aryl methyl sites for hydroxylation is 1. The molecule has 0 aliphatic rings. The van der Waals surface area contributed by atoms with Gasteiger partial charge in [0.15, 0.2) is 0 Å². The summed E-state index contributed by atoms with van der Waals surface area (Å²) in [5, 5.41) is 0. The second-order valence-corrected chi connectivity index (χ2v) is 7.50. The zero-order chi connectivity index (χ0) is 17.9. The summed E-state index contributed by atoms with van der Waals surface area (Å²) in [7, 11) is -3.49. The maximum atomic E-state index is 14.3. The number of aromatic nitrogens is 2. The number of imidazole rings is 1. The molecular weight excluding hydrogens is 341 g/mol. The summed E-state index contributed by atoms with van der Waals surface area (Å²) in [6.07, 6.45) is 3.27. The Morgan fingerprint density at radius 2 is 1.88 bits per heavy atom. The van der Waals surface area contributed by atoms with Gasteiger partial charge < -0.3 is 4.57 Å². The van der Waals surface area contributed by atoms with Crippen molar-refractivity contribution in [1.82, 2.24) is 14.3 Å². The van der Waals surface area contributed by atoms with Crippen LogP contribution in [-0.4, -0.2) is 18.0 Å². The SMILES string of the molecule is Cc1nccn1-c1ccc(CNS(=O)(=O)Cc2ccccc2)cc1F. The van der Waals surface area contributed by atoms with Gasteiger partial charge in [0.25, 0.3) is 0 Å². The first-order valence-electron chi connectivity index (χ1n) is 7.75. The first-order valence-corrected chi connectivity index (χ1v) is 9.40. The molecule has 1 aromatic heterocycles. The van der Waals surface area contributed by atoms with Crippen molar-refractivity contribution >= 4 is 10.0 Å². The number of hydrogen-bond acceptors (Lipinski definition) is 3. The number of halogens is 1. The van der Waals surface area contributed by atoms with Crippen LogP contribution in [0.5, 0.6) is 0 Å². The van der Waals surface area contributed by atoms with Crippen LogP contribution in [0.15, 0.2) is 60.9 Å². The summed E-state index contributed by atoms with van der Waals surface area (Å²) in [5.41, 5.74) is 1.63. The minimum absolute atomic E-state index is 0.0370. The Hall–Kier alpha value is -2.51. The highest BCUT2D eigenvalue weighted by Crippen LogP contribution is 2.17. The van der Waals surface area contributed by atoms with Crippen LogP contribution in [0.4, 0.5) is 4.39 Å². The van der Waals surface area contributed by atoms with Crippen LogP contribution in [0.3, 0.4) is 0 Å². The molecule has 2 aromatic carbocycles. The molecule has 1 heterocycles. The molecule has 130 valence electrons. The minimum Gasteiger partial charge on any atom is -0.301 e. The van der Waals surface area contributed by atoms with Gasteiger partial charge in [0.05, 0.1) is 11.4 Å². The Balaban J connectivity index is 1.69. The molecule has 0 saturated carbocycles. The van der Waals surface area contributed by atoms with Crippen LogP contribution in [0.25, 0.3) is 5.69 Å². The van der Waals surface area contributed by atoms with E-state index in [9.17, 15) is 12.8 Å². The summed E-state index contributed by atoms with van der Waals surface area (Å²) in [6, 6.07) is 13.6. The lowest BCUT2D eigenvalue weighted by molar-refractivity contribution is 0.579. The lowest BCUT2D eigenvalue weighted by atomic mass is 10.2. The molecule has 5 nitrogen and oxygen atoms in total. The van der Waals surface area contributed by atoms with Crippen molar-refractivity contribution in [3.8, 4) is 5.69 Å². The van der Waals surface area contributed by atoms with E-state index in [1.807, 2.05) is 6.07 Å². The molecule has 0 saturated heterocycles. The molecule has 0 aliphatic heterocycles. The van der Waals surface area contributed by atoms with Crippen LogP contribution in [0, 0.1) is 12.7 Å². The lowest BCUT2D eigenvalue weighted by Crippen LogP contribution is -2.24. The van der Waals surface area contributed by atoms with Crippen LogP contribution in [-0.2, 0) is 22.3 Å². The molecule has 0 amide bonds. The highest BCUT2D eigenvalue weighted by molar-refractivity contribution is 7.88. The van der Waals surface area contributed by atoms with Crippen LogP contribution < -0.4 is 4.72 Å². The second kappa shape index (κ2) is 7.16. The van der Waals surface area contributed by atoms with Crippen LogP contribution in [0.2, 0.25) is 0 Å². The molecular formula is C18H18FN3O2S. The molecule has 0 fully saturated rings. The summed E-state index contributed by atoms with van der Waals surface area (Å²) >= 11 is 0. The average Bonchev–Trinajstić information content (AvgIpc) is 3.00. The monoisotopic (exact) mass is 359 g/mol.